The molecular weight excluding hydrogens is 540 g/mol. The Morgan fingerprint density at radius 1 is 0.907 bits per heavy atom. The van der Waals surface area contributed by atoms with E-state index in [1.54, 1.807) is 0 Å². The summed E-state index contributed by atoms with van der Waals surface area (Å²) >= 11 is 0. The standard InChI is InChI=1S/C37H62O6/c1-26(2)9-6-10-27(3)31-13-14-32-30-12-11-28-25-29(17-19-36(28,4)33(30)18-20-37(31,32)5)43-35(40)16-15-34(39)42-24-8-23-41-22-7-21-38/h11,26-27,29-33,38H,6-10,12-25H2,1-5H3/t27-,29+,30?,31-,32?,33?,36+,37-/m1/s1. The van der Waals surface area contributed by atoms with Crippen LogP contribution < -0.4 is 0 Å². The minimum absolute atomic E-state index is 0.0541. The first-order chi connectivity index (χ1) is 20.6. The van der Waals surface area contributed by atoms with Gasteiger partial charge in [-0.2, -0.15) is 0 Å². The van der Waals surface area contributed by atoms with Crippen molar-refractivity contribution in [3.63, 3.8) is 0 Å². The lowest BCUT2D eigenvalue weighted by Gasteiger charge is -2.58. The van der Waals surface area contributed by atoms with Crippen LogP contribution in [0.4, 0.5) is 0 Å². The van der Waals surface area contributed by atoms with Crippen molar-refractivity contribution in [1.29, 1.82) is 0 Å². The summed E-state index contributed by atoms with van der Waals surface area (Å²) in [4.78, 5) is 24.7. The fraction of sp³-hybridized carbons (Fsp3) is 0.892. The van der Waals surface area contributed by atoms with E-state index >= 15 is 0 Å². The molecule has 4 aliphatic carbocycles. The summed E-state index contributed by atoms with van der Waals surface area (Å²) in [5, 5.41) is 8.75. The highest BCUT2D eigenvalue weighted by atomic mass is 16.5. The Balaban J connectivity index is 1.23. The van der Waals surface area contributed by atoms with Crippen LogP contribution >= 0.6 is 0 Å². The third-order valence-electron chi connectivity index (χ3n) is 12.2. The van der Waals surface area contributed by atoms with Gasteiger partial charge in [0.05, 0.1) is 19.4 Å². The summed E-state index contributed by atoms with van der Waals surface area (Å²) in [5.74, 6) is 4.29. The summed E-state index contributed by atoms with van der Waals surface area (Å²) in [6, 6.07) is 0. The number of hydrogen-bond acceptors (Lipinski definition) is 6. The second-order valence-electron chi connectivity index (χ2n) is 15.4. The summed E-state index contributed by atoms with van der Waals surface area (Å²) in [7, 11) is 0. The van der Waals surface area contributed by atoms with Gasteiger partial charge in [0.1, 0.15) is 6.10 Å². The van der Waals surface area contributed by atoms with Crippen LogP contribution in [0.5, 0.6) is 0 Å². The minimum atomic E-state index is -0.368. The van der Waals surface area contributed by atoms with Crippen LogP contribution in [0, 0.1) is 46.3 Å². The molecule has 0 bridgehead atoms. The van der Waals surface area contributed by atoms with E-state index in [9.17, 15) is 9.59 Å². The van der Waals surface area contributed by atoms with Crippen molar-refractivity contribution >= 4 is 11.9 Å². The molecule has 3 fully saturated rings. The number of esters is 2. The van der Waals surface area contributed by atoms with Crippen molar-refractivity contribution in [2.45, 2.75) is 137 Å². The number of ether oxygens (including phenoxy) is 3. The Kier molecular flexibility index (Phi) is 12.6. The third kappa shape index (κ3) is 8.45. The lowest BCUT2D eigenvalue weighted by Crippen LogP contribution is -2.51. The number of allylic oxidation sites excluding steroid dienone is 1. The van der Waals surface area contributed by atoms with Gasteiger partial charge in [0.15, 0.2) is 0 Å². The predicted octanol–water partition coefficient (Wildman–Crippen LogP) is 8.05. The molecule has 3 unspecified atom stereocenters. The summed E-state index contributed by atoms with van der Waals surface area (Å²) < 4.78 is 16.5. The fourth-order valence-electron chi connectivity index (χ4n) is 9.89. The normalized spacial score (nSPS) is 34.1. The van der Waals surface area contributed by atoms with E-state index < -0.39 is 0 Å². The average molecular weight is 603 g/mol. The first-order valence-electron chi connectivity index (χ1n) is 17.8. The number of aliphatic hydroxyl groups is 1. The van der Waals surface area contributed by atoms with E-state index in [2.05, 4.69) is 40.7 Å². The van der Waals surface area contributed by atoms with Gasteiger partial charge in [0.2, 0.25) is 0 Å². The first kappa shape index (κ1) is 34.5. The quantitative estimate of drug-likeness (QED) is 0.109. The third-order valence-corrected chi connectivity index (χ3v) is 12.2. The van der Waals surface area contributed by atoms with Gasteiger partial charge in [0.25, 0.3) is 0 Å². The number of hydrogen-bond donors (Lipinski definition) is 1. The zero-order chi connectivity index (χ0) is 31.0. The van der Waals surface area contributed by atoms with Crippen LogP contribution in [0.25, 0.3) is 0 Å². The molecule has 0 aliphatic heterocycles. The number of carbonyl (C=O) groups is 2. The van der Waals surface area contributed by atoms with Gasteiger partial charge in [-0.1, -0.05) is 65.5 Å². The number of rotatable bonds is 16. The van der Waals surface area contributed by atoms with E-state index in [1.807, 2.05) is 0 Å². The minimum Gasteiger partial charge on any atom is -0.466 e. The summed E-state index contributed by atoms with van der Waals surface area (Å²) in [6.07, 6.45) is 17.6. The largest absolute Gasteiger partial charge is 0.466 e. The molecule has 0 radical (unpaired) electrons. The SMILES string of the molecule is CC(C)CCC[C@@H](C)[C@H]1CCC2C3CC=C4C[C@@H](OC(=O)CCC(=O)OCCCOCCCO)CC[C@]4(C)C3CC[C@@]21C. The molecule has 6 nitrogen and oxygen atoms in total. The van der Waals surface area contributed by atoms with E-state index in [1.165, 1.54) is 56.9 Å². The second kappa shape index (κ2) is 15.7. The molecule has 0 amide bonds. The molecule has 246 valence electrons. The summed E-state index contributed by atoms with van der Waals surface area (Å²) in [6.45, 7) is 13.8. The van der Waals surface area contributed by atoms with Crippen LogP contribution in [-0.4, -0.2) is 49.6 Å². The Morgan fingerprint density at radius 3 is 2.44 bits per heavy atom. The molecule has 0 aromatic heterocycles. The highest BCUT2D eigenvalue weighted by Gasteiger charge is 2.59. The first-order valence-corrected chi connectivity index (χ1v) is 17.8. The molecule has 6 heteroatoms. The van der Waals surface area contributed by atoms with Crippen LogP contribution in [-0.2, 0) is 23.8 Å². The monoisotopic (exact) mass is 602 g/mol. The highest BCUT2D eigenvalue weighted by molar-refractivity contribution is 5.77. The van der Waals surface area contributed by atoms with Crippen LogP contribution in [0.2, 0.25) is 0 Å². The maximum Gasteiger partial charge on any atom is 0.306 e. The van der Waals surface area contributed by atoms with Crippen molar-refractivity contribution < 1.29 is 28.9 Å². The number of aliphatic hydroxyl groups excluding tert-OH is 1. The zero-order valence-electron chi connectivity index (χ0n) is 28.0. The number of fused-ring (bicyclic) bond motifs is 5. The van der Waals surface area contributed by atoms with Crippen molar-refractivity contribution in [2.75, 3.05) is 26.4 Å². The molecule has 0 spiro atoms. The van der Waals surface area contributed by atoms with E-state index in [0.29, 0.717) is 31.5 Å². The second-order valence-corrected chi connectivity index (χ2v) is 15.4. The smallest absolute Gasteiger partial charge is 0.306 e. The molecule has 4 aliphatic rings. The van der Waals surface area contributed by atoms with Crippen molar-refractivity contribution in [2.24, 2.45) is 46.3 Å². The molecule has 8 atom stereocenters. The van der Waals surface area contributed by atoms with Crippen molar-refractivity contribution in [1.82, 2.24) is 0 Å². The Labute approximate surface area is 262 Å². The topological polar surface area (TPSA) is 82.1 Å². The fourth-order valence-corrected chi connectivity index (χ4v) is 9.89. The van der Waals surface area contributed by atoms with Gasteiger partial charge < -0.3 is 19.3 Å². The Morgan fingerprint density at radius 2 is 1.67 bits per heavy atom. The van der Waals surface area contributed by atoms with Crippen molar-refractivity contribution in [3.05, 3.63) is 11.6 Å². The maximum atomic E-state index is 12.6. The summed E-state index contributed by atoms with van der Waals surface area (Å²) in [5.41, 5.74) is 2.26. The lowest BCUT2D eigenvalue weighted by atomic mass is 9.47. The highest BCUT2D eigenvalue weighted by Crippen LogP contribution is 2.67. The molecule has 3 saturated carbocycles. The molecular formula is C37H62O6. The molecule has 0 aromatic carbocycles. The number of carbonyl (C=O) groups excluding carboxylic acids is 2. The molecule has 1 N–H and O–H groups in total. The predicted molar refractivity (Wildman–Crippen MR) is 170 cm³/mol. The molecule has 0 aromatic rings. The van der Waals surface area contributed by atoms with Gasteiger partial charge in [-0.3, -0.25) is 9.59 Å². The van der Waals surface area contributed by atoms with Crippen LogP contribution in [0.1, 0.15) is 131 Å². The van der Waals surface area contributed by atoms with Gasteiger partial charge in [-0.25, -0.2) is 0 Å². The van der Waals surface area contributed by atoms with Crippen LogP contribution in [0.3, 0.4) is 0 Å². The van der Waals surface area contributed by atoms with Crippen LogP contribution in [0.15, 0.2) is 11.6 Å². The van der Waals surface area contributed by atoms with Gasteiger partial charge in [-0.15, -0.1) is 0 Å². The molecule has 0 heterocycles. The van der Waals surface area contributed by atoms with E-state index in [4.69, 9.17) is 19.3 Å². The molecule has 4 rings (SSSR count). The molecule has 43 heavy (non-hydrogen) atoms. The Hall–Kier alpha value is -1.40. The Bertz CT molecular complexity index is 943. The average Bonchev–Trinajstić information content (AvgIpc) is 3.33. The van der Waals surface area contributed by atoms with Gasteiger partial charge in [0, 0.05) is 32.7 Å². The van der Waals surface area contributed by atoms with E-state index in [-0.39, 0.29) is 49.5 Å². The van der Waals surface area contributed by atoms with Gasteiger partial charge >= 0.3 is 11.9 Å². The van der Waals surface area contributed by atoms with Crippen molar-refractivity contribution in [3.8, 4) is 0 Å². The lowest BCUT2D eigenvalue weighted by molar-refractivity contribution is -0.155. The maximum absolute atomic E-state index is 12.6. The van der Waals surface area contributed by atoms with Gasteiger partial charge in [-0.05, 0) is 97.7 Å². The van der Waals surface area contributed by atoms with E-state index in [0.717, 1.165) is 54.8 Å². The molecule has 0 saturated heterocycles. The zero-order valence-corrected chi connectivity index (χ0v) is 28.0.